The molecule has 0 spiro atoms. The largest absolute Gasteiger partial charge is 0.411 e. The van der Waals surface area contributed by atoms with Crippen LogP contribution in [0.2, 0.25) is 10.2 Å². The summed E-state index contributed by atoms with van der Waals surface area (Å²) in [5, 5.41) is 12.3. The fraction of sp³-hybridized carbons (Fsp3) is 0.120. The van der Waals surface area contributed by atoms with E-state index in [0.29, 0.717) is 57.1 Å². The number of tetrazole rings is 1. The van der Waals surface area contributed by atoms with Crippen molar-refractivity contribution in [3.05, 3.63) is 93.0 Å². The number of aromatic nitrogens is 7. The lowest BCUT2D eigenvalue weighted by Gasteiger charge is -2.15. The van der Waals surface area contributed by atoms with Crippen molar-refractivity contribution in [1.82, 2.24) is 34.7 Å². The zero-order valence-electron chi connectivity index (χ0n) is 19.5. The van der Waals surface area contributed by atoms with E-state index in [1.165, 1.54) is 11.0 Å². The van der Waals surface area contributed by atoms with Crippen molar-refractivity contribution in [3.63, 3.8) is 0 Å². The first-order valence-electron chi connectivity index (χ1n) is 11.5. The molecule has 1 atom stereocenters. The van der Waals surface area contributed by atoms with E-state index < -0.39 is 6.09 Å². The maximum atomic E-state index is 13.4. The number of carbonyl (C=O) groups is 1. The third-order valence-corrected chi connectivity index (χ3v) is 6.85. The summed E-state index contributed by atoms with van der Waals surface area (Å²) in [6.07, 6.45) is 1.93. The summed E-state index contributed by atoms with van der Waals surface area (Å²) >= 11 is 12.8. The van der Waals surface area contributed by atoms with Gasteiger partial charge >= 0.3 is 6.09 Å². The van der Waals surface area contributed by atoms with Gasteiger partial charge in [0.2, 0.25) is 0 Å². The lowest BCUT2D eigenvalue weighted by atomic mass is 10.0. The van der Waals surface area contributed by atoms with Crippen molar-refractivity contribution in [1.29, 1.82) is 0 Å². The van der Waals surface area contributed by atoms with Crippen LogP contribution in [0.5, 0.6) is 5.75 Å². The van der Waals surface area contributed by atoms with Gasteiger partial charge in [-0.3, -0.25) is 4.79 Å². The minimum Gasteiger partial charge on any atom is -0.411 e. The number of benzene rings is 2. The summed E-state index contributed by atoms with van der Waals surface area (Å²) in [6.45, 7) is 0. The summed E-state index contributed by atoms with van der Waals surface area (Å²) in [6, 6.07) is 15.2. The number of nitrogens with one attached hydrogen (secondary N) is 1. The Kier molecular flexibility index (Phi) is 5.93. The number of ether oxygens (including phenoxy) is 1. The molecule has 38 heavy (non-hydrogen) atoms. The number of halogens is 2. The highest BCUT2D eigenvalue weighted by molar-refractivity contribution is 6.32. The van der Waals surface area contributed by atoms with Crippen molar-refractivity contribution in [2.24, 2.45) is 5.73 Å². The van der Waals surface area contributed by atoms with Gasteiger partial charge in [-0.25, -0.2) is 9.78 Å². The highest BCUT2D eigenvalue weighted by atomic mass is 35.5. The lowest BCUT2D eigenvalue weighted by molar-refractivity contribution is 0.211. The fourth-order valence-corrected chi connectivity index (χ4v) is 5.16. The molecule has 1 unspecified atom stereocenters. The van der Waals surface area contributed by atoms with Crippen molar-refractivity contribution in [2.75, 3.05) is 0 Å². The number of amides is 1. The van der Waals surface area contributed by atoms with E-state index in [4.69, 9.17) is 38.7 Å². The number of aromatic amines is 1. The Morgan fingerprint density at radius 1 is 1.08 bits per heavy atom. The minimum absolute atomic E-state index is 0.176. The highest BCUT2D eigenvalue weighted by Gasteiger charge is 2.29. The van der Waals surface area contributed by atoms with E-state index in [-0.39, 0.29) is 11.6 Å². The number of H-pyrrole nitrogens is 1. The van der Waals surface area contributed by atoms with Crippen LogP contribution in [-0.4, -0.2) is 40.8 Å². The molecule has 0 bridgehead atoms. The van der Waals surface area contributed by atoms with Gasteiger partial charge in [-0.05, 0) is 77.4 Å². The molecule has 1 amide bonds. The van der Waals surface area contributed by atoms with Gasteiger partial charge in [0.05, 0.1) is 11.7 Å². The van der Waals surface area contributed by atoms with Gasteiger partial charge in [-0.1, -0.05) is 23.2 Å². The normalized spacial score (nSPS) is 14.4. The lowest BCUT2D eigenvalue weighted by Crippen LogP contribution is -2.24. The first-order chi connectivity index (χ1) is 18.4. The van der Waals surface area contributed by atoms with Gasteiger partial charge in [0.1, 0.15) is 28.7 Å². The van der Waals surface area contributed by atoms with Gasteiger partial charge in [0, 0.05) is 27.9 Å². The van der Waals surface area contributed by atoms with Gasteiger partial charge in [0.25, 0.3) is 5.56 Å². The molecule has 0 aliphatic carbocycles. The Bertz CT molecular complexity index is 1730. The number of carbonyl (C=O) groups excluding carboxylic acids is 1. The Hall–Kier alpha value is -4.48. The number of hydrogen-bond acceptors (Lipinski definition) is 7. The van der Waals surface area contributed by atoms with Gasteiger partial charge in [0.15, 0.2) is 0 Å². The van der Waals surface area contributed by atoms with Crippen LogP contribution in [0.4, 0.5) is 4.79 Å². The molecule has 0 saturated heterocycles. The minimum atomic E-state index is -0.895. The topological polar surface area (TPSA) is 147 Å². The number of nitrogens with zero attached hydrogens (tertiary/aromatic N) is 6. The van der Waals surface area contributed by atoms with Crippen molar-refractivity contribution in [2.45, 2.75) is 18.9 Å². The standard InChI is InChI=1S/C25H18Cl2N8O3/c26-15-3-7-19(34-12-29-32-33-34)18(11-15)14-9-16-4-8-20(35(16)21(36)10-14)24-30-22(23(27)31-24)13-1-5-17(6-2-13)38-25(28)37/h1-3,5-7,9-12,20H,4,8H2,(H2,28,37)(H,30,31). The van der Waals surface area contributed by atoms with Crippen LogP contribution in [0.25, 0.3) is 28.1 Å². The summed E-state index contributed by atoms with van der Waals surface area (Å²) in [5.41, 5.74) is 9.14. The van der Waals surface area contributed by atoms with Gasteiger partial charge in [-0.15, -0.1) is 5.10 Å². The smallest absolute Gasteiger partial charge is 0.409 e. The monoisotopic (exact) mass is 548 g/mol. The number of rotatable bonds is 5. The van der Waals surface area contributed by atoms with Crippen molar-refractivity contribution >= 4 is 29.3 Å². The van der Waals surface area contributed by atoms with E-state index >= 15 is 0 Å². The molecule has 1 aliphatic rings. The van der Waals surface area contributed by atoms with E-state index in [1.54, 1.807) is 53.1 Å². The third-order valence-electron chi connectivity index (χ3n) is 6.34. The number of primary amides is 1. The molecule has 190 valence electrons. The van der Waals surface area contributed by atoms with Crippen LogP contribution in [0.15, 0.2) is 65.7 Å². The molecule has 5 aromatic rings. The number of imidazole rings is 1. The SMILES string of the molecule is NC(=O)Oc1ccc(-c2nc(C3CCc4cc(-c5cc(Cl)ccc5-n5cnnn5)cc(=O)n43)[nH]c2Cl)cc1. The Morgan fingerprint density at radius 3 is 2.63 bits per heavy atom. The van der Waals surface area contributed by atoms with E-state index in [0.717, 1.165) is 11.3 Å². The van der Waals surface area contributed by atoms with Crippen LogP contribution < -0.4 is 16.0 Å². The molecular formula is C25H18Cl2N8O3. The summed E-state index contributed by atoms with van der Waals surface area (Å²) in [5.74, 6) is 0.886. The number of hydrogen-bond donors (Lipinski definition) is 2. The average Bonchev–Trinajstić information content (AvgIpc) is 3.64. The highest BCUT2D eigenvalue weighted by Crippen LogP contribution is 2.36. The molecule has 6 rings (SSSR count). The second-order valence-electron chi connectivity index (χ2n) is 8.64. The van der Waals surface area contributed by atoms with Crippen LogP contribution >= 0.6 is 23.2 Å². The van der Waals surface area contributed by atoms with E-state index in [2.05, 4.69) is 20.5 Å². The zero-order valence-corrected chi connectivity index (χ0v) is 21.0. The van der Waals surface area contributed by atoms with Crippen LogP contribution in [0, 0.1) is 0 Å². The molecule has 1 aliphatic heterocycles. The van der Waals surface area contributed by atoms with Gasteiger partial charge in [-0.2, -0.15) is 4.68 Å². The number of aryl methyl sites for hydroxylation is 1. The molecule has 0 fully saturated rings. The first kappa shape index (κ1) is 23.9. The fourth-order valence-electron chi connectivity index (χ4n) is 4.74. The van der Waals surface area contributed by atoms with Gasteiger partial charge < -0.3 is 20.0 Å². The maximum absolute atomic E-state index is 13.4. The molecule has 3 N–H and O–H groups in total. The molecule has 11 nitrogen and oxygen atoms in total. The average molecular weight is 549 g/mol. The zero-order chi connectivity index (χ0) is 26.4. The van der Waals surface area contributed by atoms with E-state index in [9.17, 15) is 9.59 Å². The molecule has 0 saturated carbocycles. The van der Waals surface area contributed by atoms with E-state index in [1.807, 2.05) is 6.07 Å². The van der Waals surface area contributed by atoms with Crippen LogP contribution in [-0.2, 0) is 6.42 Å². The number of nitrogens with two attached hydrogens (primary N) is 1. The molecule has 13 heteroatoms. The van der Waals surface area contributed by atoms with Crippen LogP contribution in [0.3, 0.4) is 0 Å². The quantitative estimate of drug-likeness (QED) is 0.334. The molecule has 2 aromatic carbocycles. The maximum Gasteiger partial charge on any atom is 0.409 e. The third kappa shape index (κ3) is 4.31. The predicted molar refractivity (Wildman–Crippen MR) is 140 cm³/mol. The summed E-state index contributed by atoms with van der Waals surface area (Å²) in [7, 11) is 0. The number of pyridine rings is 1. The second kappa shape index (κ2) is 9.43. The molecule has 3 aromatic heterocycles. The molecule has 0 radical (unpaired) electrons. The Labute approximate surface area is 224 Å². The first-order valence-corrected chi connectivity index (χ1v) is 12.2. The molecule has 4 heterocycles. The van der Waals surface area contributed by atoms with Crippen molar-refractivity contribution in [3.8, 4) is 33.8 Å². The second-order valence-corrected chi connectivity index (χ2v) is 9.46. The summed E-state index contributed by atoms with van der Waals surface area (Å²) < 4.78 is 8.13. The number of fused-ring (bicyclic) bond motifs is 1. The van der Waals surface area contributed by atoms with Crippen LogP contribution in [0.1, 0.15) is 24.0 Å². The Morgan fingerprint density at radius 2 is 1.89 bits per heavy atom. The van der Waals surface area contributed by atoms with Crippen molar-refractivity contribution < 1.29 is 9.53 Å². The predicted octanol–water partition coefficient (Wildman–Crippen LogP) is 4.18. The Balaban J connectivity index is 1.35. The molecular weight excluding hydrogens is 531 g/mol. The summed E-state index contributed by atoms with van der Waals surface area (Å²) in [4.78, 5) is 32.2.